The number of carbonyl (C=O) groups excluding carboxylic acids is 1. The molecule has 0 spiro atoms. The first kappa shape index (κ1) is 20.2. The molecule has 0 radical (unpaired) electrons. The van der Waals surface area contributed by atoms with Gasteiger partial charge in [-0.05, 0) is 24.3 Å². The van der Waals surface area contributed by atoms with E-state index in [9.17, 15) is 26.4 Å². The van der Waals surface area contributed by atoms with E-state index in [1.54, 1.807) is 0 Å². The molecular weight excluding hydrogens is 371 g/mol. The average molecular weight is 390 g/mol. The van der Waals surface area contributed by atoms with Crippen LogP contribution in [0.25, 0.3) is 0 Å². The number of sulfonamides is 1. The van der Waals surface area contributed by atoms with E-state index in [4.69, 9.17) is 6.42 Å². The monoisotopic (exact) mass is 390 g/mol. The lowest BCUT2D eigenvalue weighted by molar-refractivity contribution is -0.895. The van der Waals surface area contributed by atoms with Crippen molar-refractivity contribution in [2.45, 2.75) is 11.1 Å². The van der Waals surface area contributed by atoms with Gasteiger partial charge in [0.2, 0.25) is 10.0 Å². The fourth-order valence-corrected chi connectivity index (χ4v) is 4.07. The fourth-order valence-electron chi connectivity index (χ4n) is 2.62. The number of halogens is 3. The summed E-state index contributed by atoms with van der Waals surface area (Å²) in [5.41, 5.74) is -0.899. The first-order valence-corrected chi connectivity index (χ1v) is 9.29. The Morgan fingerprint density at radius 2 is 1.81 bits per heavy atom. The maximum Gasteiger partial charge on any atom is 0.416 e. The van der Waals surface area contributed by atoms with Gasteiger partial charge in [0.25, 0.3) is 5.91 Å². The lowest BCUT2D eigenvalue weighted by atomic mass is 10.2. The second-order valence-electron chi connectivity index (χ2n) is 5.83. The van der Waals surface area contributed by atoms with Crippen LogP contribution in [-0.2, 0) is 21.0 Å². The number of piperazine rings is 1. The molecule has 26 heavy (non-hydrogen) atoms. The zero-order valence-corrected chi connectivity index (χ0v) is 14.7. The number of quaternary nitrogens is 1. The summed E-state index contributed by atoms with van der Waals surface area (Å²) in [4.78, 5) is 12.4. The molecule has 142 valence electrons. The van der Waals surface area contributed by atoms with Crippen molar-refractivity contribution in [1.29, 1.82) is 0 Å². The zero-order chi connectivity index (χ0) is 19.4. The Balaban J connectivity index is 1.97. The zero-order valence-electron chi connectivity index (χ0n) is 13.8. The average Bonchev–Trinajstić information content (AvgIpc) is 2.60. The van der Waals surface area contributed by atoms with Crippen LogP contribution >= 0.6 is 0 Å². The minimum Gasteiger partial charge on any atom is -0.340 e. The van der Waals surface area contributed by atoms with Crippen LogP contribution in [0.3, 0.4) is 0 Å². The Bertz CT molecular complexity index is 778. The second-order valence-corrected chi connectivity index (χ2v) is 7.77. The molecule has 0 aromatic heterocycles. The van der Waals surface area contributed by atoms with Gasteiger partial charge in [0.15, 0.2) is 6.54 Å². The van der Waals surface area contributed by atoms with Crippen LogP contribution in [0, 0.1) is 12.3 Å². The highest BCUT2D eigenvalue weighted by molar-refractivity contribution is 7.89. The van der Waals surface area contributed by atoms with E-state index in [-0.39, 0.29) is 37.0 Å². The van der Waals surface area contributed by atoms with Crippen LogP contribution < -0.4 is 10.2 Å². The third-order valence-corrected chi connectivity index (χ3v) is 5.96. The molecule has 0 aliphatic carbocycles. The number of rotatable bonds is 5. The molecular formula is C16H19F3N3O3S+. The van der Waals surface area contributed by atoms with Crippen LogP contribution in [0.15, 0.2) is 29.2 Å². The lowest BCUT2D eigenvalue weighted by Crippen LogP contribution is -3.15. The van der Waals surface area contributed by atoms with Crippen LogP contribution in [0.1, 0.15) is 5.56 Å². The molecule has 1 aliphatic heterocycles. The Labute approximate surface area is 150 Å². The Hall–Kier alpha value is -2.09. The van der Waals surface area contributed by atoms with Gasteiger partial charge < -0.3 is 10.2 Å². The van der Waals surface area contributed by atoms with Crippen molar-refractivity contribution in [3.8, 4) is 12.3 Å². The van der Waals surface area contributed by atoms with Gasteiger partial charge in [0.05, 0.1) is 43.2 Å². The van der Waals surface area contributed by atoms with Crippen molar-refractivity contribution in [3.05, 3.63) is 29.8 Å². The number of benzene rings is 1. The number of nitrogens with one attached hydrogen (secondary N) is 2. The fraction of sp³-hybridized carbons (Fsp3) is 0.438. The number of amides is 1. The molecule has 0 saturated carbocycles. The Morgan fingerprint density at radius 1 is 1.23 bits per heavy atom. The third-order valence-electron chi connectivity index (χ3n) is 4.05. The van der Waals surface area contributed by atoms with Crippen molar-refractivity contribution < 1.29 is 31.3 Å². The number of nitrogens with zero attached hydrogens (tertiary/aromatic N) is 1. The molecule has 1 aliphatic rings. The van der Waals surface area contributed by atoms with Crippen LogP contribution in [0.4, 0.5) is 13.2 Å². The maximum absolute atomic E-state index is 12.6. The summed E-state index contributed by atoms with van der Waals surface area (Å²) in [6, 6.07) is 3.43. The molecule has 1 heterocycles. The van der Waals surface area contributed by atoms with Gasteiger partial charge in [-0.3, -0.25) is 4.79 Å². The number of hydrogen-bond acceptors (Lipinski definition) is 3. The predicted molar refractivity (Wildman–Crippen MR) is 87.6 cm³/mol. The number of carbonyl (C=O) groups is 1. The minimum absolute atomic E-state index is 0.139. The summed E-state index contributed by atoms with van der Waals surface area (Å²) < 4.78 is 64.1. The highest BCUT2D eigenvalue weighted by Crippen LogP contribution is 2.30. The summed E-state index contributed by atoms with van der Waals surface area (Å²) in [6.07, 6.45) is 0.541. The molecule has 1 fully saturated rings. The number of alkyl halides is 3. The van der Waals surface area contributed by atoms with Crippen molar-refractivity contribution in [3.63, 3.8) is 0 Å². The highest BCUT2D eigenvalue weighted by Gasteiger charge is 2.33. The van der Waals surface area contributed by atoms with E-state index >= 15 is 0 Å². The molecule has 1 amide bonds. The third kappa shape index (κ3) is 4.97. The summed E-state index contributed by atoms with van der Waals surface area (Å²) in [7, 11) is -3.86. The molecule has 10 heteroatoms. The van der Waals surface area contributed by atoms with E-state index in [2.05, 4.69) is 11.2 Å². The second kappa shape index (κ2) is 8.07. The molecule has 0 bridgehead atoms. The standard InChI is InChI=1S/C16H18F3N3O3S/c1-2-7-20-15(23)12-21-8-10-22(11-9-21)26(24,25)14-5-3-13(4-6-14)16(17,18)19/h1,3-6H,7-12H2,(H,20,23)/p+1. The number of terminal acetylenes is 1. The number of hydrogen-bond donors (Lipinski definition) is 2. The van der Waals surface area contributed by atoms with E-state index in [1.165, 1.54) is 4.31 Å². The summed E-state index contributed by atoms with van der Waals surface area (Å²) in [5, 5.41) is 2.54. The van der Waals surface area contributed by atoms with E-state index in [0.29, 0.717) is 13.1 Å². The first-order chi connectivity index (χ1) is 12.1. The van der Waals surface area contributed by atoms with Crippen LogP contribution in [0.2, 0.25) is 0 Å². The minimum atomic E-state index is -4.52. The van der Waals surface area contributed by atoms with Crippen molar-refractivity contribution in [2.24, 2.45) is 0 Å². The smallest absolute Gasteiger partial charge is 0.340 e. The Morgan fingerprint density at radius 3 is 2.31 bits per heavy atom. The van der Waals surface area contributed by atoms with E-state index in [1.807, 2.05) is 0 Å². The van der Waals surface area contributed by atoms with E-state index < -0.39 is 21.8 Å². The van der Waals surface area contributed by atoms with Crippen molar-refractivity contribution in [2.75, 3.05) is 39.3 Å². The maximum atomic E-state index is 12.6. The molecule has 2 N–H and O–H groups in total. The molecule has 0 atom stereocenters. The quantitative estimate of drug-likeness (QED) is 0.656. The van der Waals surface area contributed by atoms with Gasteiger partial charge in [-0.15, -0.1) is 6.42 Å². The normalized spacial score (nSPS) is 16.8. The van der Waals surface area contributed by atoms with Gasteiger partial charge >= 0.3 is 6.18 Å². The predicted octanol–water partition coefficient (Wildman–Crippen LogP) is -0.656. The topological polar surface area (TPSA) is 70.9 Å². The largest absolute Gasteiger partial charge is 0.416 e. The molecule has 1 aromatic rings. The molecule has 0 unspecified atom stereocenters. The van der Waals surface area contributed by atoms with E-state index in [0.717, 1.165) is 29.2 Å². The molecule has 1 aromatic carbocycles. The van der Waals surface area contributed by atoms with Gasteiger partial charge in [-0.1, -0.05) is 5.92 Å². The van der Waals surface area contributed by atoms with Gasteiger partial charge in [-0.25, -0.2) is 8.42 Å². The lowest BCUT2D eigenvalue weighted by Gasteiger charge is -2.31. The van der Waals surface area contributed by atoms with Crippen molar-refractivity contribution >= 4 is 15.9 Å². The van der Waals surface area contributed by atoms with Gasteiger partial charge in [-0.2, -0.15) is 17.5 Å². The first-order valence-electron chi connectivity index (χ1n) is 7.85. The summed E-state index contributed by atoms with van der Waals surface area (Å²) >= 11 is 0. The SMILES string of the molecule is C#CCNC(=O)C[NH+]1CCN(S(=O)(=O)c2ccc(C(F)(F)F)cc2)CC1. The van der Waals surface area contributed by atoms with Crippen LogP contribution in [0.5, 0.6) is 0 Å². The van der Waals surface area contributed by atoms with Gasteiger partial charge in [0.1, 0.15) is 0 Å². The Kier molecular flexibility index (Phi) is 6.28. The van der Waals surface area contributed by atoms with Crippen LogP contribution in [-0.4, -0.2) is 57.9 Å². The van der Waals surface area contributed by atoms with Gasteiger partial charge in [0, 0.05) is 0 Å². The summed E-state index contributed by atoms with van der Waals surface area (Å²) in [5.74, 6) is 2.08. The molecule has 6 nitrogen and oxygen atoms in total. The highest BCUT2D eigenvalue weighted by atomic mass is 32.2. The molecule has 1 saturated heterocycles. The molecule has 2 rings (SSSR count). The summed E-state index contributed by atoms with van der Waals surface area (Å²) in [6.45, 7) is 1.53. The van der Waals surface area contributed by atoms with Crippen molar-refractivity contribution in [1.82, 2.24) is 9.62 Å².